The van der Waals surface area contributed by atoms with Gasteiger partial charge >= 0.3 is 5.97 Å². The third-order valence-electron chi connectivity index (χ3n) is 4.44. The summed E-state index contributed by atoms with van der Waals surface area (Å²) in [6.45, 7) is 5.26. The van der Waals surface area contributed by atoms with Gasteiger partial charge in [0.05, 0.1) is 5.39 Å². The first-order chi connectivity index (χ1) is 12.0. The molecule has 1 saturated heterocycles. The maximum Gasteiger partial charge on any atom is 0.359 e. The average molecular weight is 343 g/mol. The second-order valence-corrected chi connectivity index (χ2v) is 6.77. The first kappa shape index (κ1) is 17.1. The zero-order valence-corrected chi connectivity index (χ0v) is 14.3. The summed E-state index contributed by atoms with van der Waals surface area (Å²) in [4.78, 5) is 38.1. The van der Waals surface area contributed by atoms with Crippen LogP contribution in [0.3, 0.4) is 0 Å². The molecule has 0 radical (unpaired) electrons. The van der Waals surface area contributed by atoms with Crippen LogP contribution < -0.4 is 5.56 Å². The van der Waals surface area contributed by atoms with Crippen molar-refractivity contribution in [3.63, 3.8) is 0 Å². The van der Waals surface area contributed by atoms with Crippen molar-refractivity contribution in [3.8, 4) is 0 Å². The van der Waals surface area contributed by atoms with Crippen LogP contribution in [-0.4, -0.2) is 46.7 Å². The highest BCUT2D eigenvalue weighted by atomic mass is 16.5. The van der Waals surface area contributed by atoms with E-state index in [1.54, 1.807) is 29.2 Å². The third-order valence-corrected chi connectivity index (χ3v) is 4.44. The number of H-pyrrole nitrogens is 1. The topological polar surface area (TPSA) is 92.4 Å². The number of nitrogens with zero attached hydrogens (tertiary/aromatic N) is 2. The summed E-state index contributed by atoms with van der Waals surface area (Å²) >= 11 is 0. The van der Waals surface area contributed by atoms with Crippen LogP contribution >= 0.6 is 0 Å². The molecule has 1 amide bonds. The molecule has 1 aliphatic rings. The summed E-state index contributed by atoms with van der Waals surface area (Å²) < 4.78 is 5.15. The molecule has 0 aliphatic carbocycles. The van der Waals surface area contributed by atoms with Crippen LogP contribution in [0.2, 0.25) is 0 Å². The number of carbonyl (C=O) groups is 2. The molecule has 1 aliphatic heterocycles. The Balaban J connectivity index is 1.70. The number of nitrogens with one attached hydrogen (secondary N) is 1. The highest BCUT2D eigenvalue weighted by molar-refractivity contribution is 6.02. The maximum absolute atomic E-state index is 12.3. The summed E-state index contributed by atoms with van der Waals surface area (Å²) in [5.41, 5.74) is -0.372. The fraction of sp³-hybridized carbons (Fsp3) is 0.444. The van der Waals surface area contributed by atoms with Crippen LogP contribution in [0.15, 0.2) is 29.1 Å². The molecule has 2 atom stereocenters. The lowest BCUT2D eigenvalue weighted by molar-refractivity contribution is -0.137. The van der Waals surface area contributed by atoms with E-state index in [0.29, 0.717) is 35.7 Å². The van der Waals surface area contributed by atoms with Gasteiger partial charge in [0.25, 0.3) is 11.5 Å². The minimum absolute atomic E-state index is 0.00313. The number of benzene rings is 1. The van der Waals surface area contributed by atoms with Gasteiger partial charge in [-0.2, -0.15) is 5.10 Å². The van der Waals surface area contributed by atoms with E-state index < -0.39 is 5.97 Å². The van der Waals surface area contributed by atoms with Crippen molar-refractivity contribution in [2.24, 2.45) is 11.8 Å². The van der Waals surface area contributed by atoms with Gasteiger partial charge in [-0.25, -0.2) is 9.89 Å². The molecule has 0 bridgehead atoms. The highest BCUT2D eigenvalue weighted by Gasteiger charge is 2.26. The molecule has 2 aromatic rings. The molecule has 3 rings (SSSR count). The Labute approximate surface area is 145 Å². The van der Waals surface area contributed by atoms with Gasteiger partial charge in [0.2, 0.25) is 0 Å². The summed E-state index contributed by atoms with van der Waals surface area (Å²) in [6.07, 6.45) is 1.09. The van der Waals surface area contributed by atoms with Crippen LogP contribution in [0.1, 0.15) is 30.8 Å². The number of amides is 1. The SMILES string of the molecule is C[C@H]1C[C@H](C)CN(C(=O)COC(=O)c2n[nH]c(=O)c3ccccc23)C1. The Morgan fingerprint density at radius 3 is 2.52 bits per heavy atom. The van der Waals surface area contributed by atoms with Crippen molar-refractivity contribution < 1.29 is 14.3 Å². The van der Waals surface area contributed by atoms with Crippen LogP contribution in [0.5, 0.6) is 0 Å². The number of hydrogen-bond acceptors (Lipinski definition) is 5. The van der Waals surface area contributed by atoms with Crippen LogP contribution in [0.25, 0.3) is 10.8 Å². The van der Waals surface area contributed by atoms with Gasteiger partial charge in [0.1, 0.15) is 0 Å². The first-order valence-electron chi connectivity index (χ1n) is 8.38. The highest BCUT2D eigenvalue weighted by Crippen LogP contribution is 2.21. The number of fused-ring (bicyclic) bond motifs is 1. The number of carbonyl (C=O) groups excluding carboxylic acids is 2. The minimum atomic E-state index is -0.723. The van der Waals surface area contributed by atoms with Crippen molar-refractivity contribution in [3.05, 3.63) is 40.3 Å². The lowest BCUT2D eigenvalue weighted by Gasteiger charge is -2.34. The predicted octanol–water partition coefficient (Wildman–Crippen LogP) is 1.58. The molecule has 7 heteroatoms. The standard InChI is InChI=1S/C18H21N3O4/c1-11-7-12(2)9-21(8-11)15(22)10-25-18(24)16-13-5-3-4-6-14(13)17(23)20-19-16/h3-6,11-12H,7-10H2,1-2H3,(H,20,23)/t11-,12-/m0/s1. The zero-order valence-electron chi connectivity index (χ0n) is 14.3. The molecular formula is C18H21N3O4. The Bertz CT molecular complexity index is 851. The van der Waals surface area contributed by atoms with E-state index in [4.69, 9.17) is 4.74 Å². The van der Waals surface area contributed by atoms with E-state index in [1.807, 2.05) is 0 Å². The van der Waals surface area contributed by atoms with Gasteiger partial charge in [0.15, 0.2) is 12.3 Å². The Kier molecular flexibility index (Phi) is 4.83. The summed E-state index contributed by atoms with van der Waals surface area (Å²) in [5, 5.41) is 6.83. The van der Waals surface area contributed by atoms with Gasteiger partial charge in [-0.15, -0.1) is 0 Å². The van der Waals surface area contributed by atoms with E-state index in [-0.39, 0.29) is 23.8 Å². The van der Waals surface area contributed by atoms with Gasteiger partial charge in [-0.1, -0.05) is 32.0 Å². The molecule has 0 spiro atoms. The van der Waals surface area contributed by atoms with E-state index in [9.17, 15) is 14.4 Å². The molecule has 2 heterocycles. The third kappa shape index (κ3) is 3.70. The molecule has 7 nitrogen and oxygen atoms in total. The van der Waals surface area contributed by atoms with Crippen molar-refractivity contribution in [1.82, 2.24) is 15.1 Å². The summed E-state index contributed by atoms with van der Waals surface area (Å²) in [7, 11) is 0. The molecular weight excluding hydrogens is 322 g/mol. The summed E-state index contributed by atoms with van der Waals surface area (Å²) in [5.74, 6) is -0.0548. The van der Waals surface area contributed by atoms with Crippen LogP contribution in [0.4, 0.5) is 0 Å². The quantitative estimate of drug-likeness (QED) is 0.854. The van der Waals surface area contributed by atoms with Gasteiger partial charge in [-0.05, 0) is 24.3 Å². The number of piperidine rings is 1. The number of ether oxygens (including phenoxy) is 1. The molecule has 1 N–H and O–H groups in total. The second-order valence-electron chi connectivity index (χ2n) is 6.77. The minimum Gasteiger partial charge on any atom is -0.451 e. The van der Waals surface area contributed by atoms with Crippen LogP contribution in [-0.2, 0) is 9.53 Å². The van der Waals surface area contributed by atoms with Crippen molar-refractivity contribution >= 4 is 22.6 Å². The number of aromatic amines is 1. The van der Waals surface area contributed by atoms with Gasteiger partial charge in [-0.3, -0.25) is 9.59 Å². The largest absolute Gasteiger partial charge is 0.451 e. The number of rotatable bonds is 3. The maximum atomic E-state index is 12.3. The predicted molar refractivity (Wildman–Crippen MR) is 92.2 cm³/mol. The number of aromatic nitrogens is 2. The molecule has 1 fully saturated rings. The Morgan fingerprint density at radius 1 is 1.20 bits per heavy atom. The first-order valence-corrected chi connectivity index (χ1v) is 8.38. The fourth-order valence-electron chi connectivity index (χ4n) is 3.42. The molecule has 132 valence electrons. The van der Waals surface area contributed by atoms with E-state index in [0.717, 1.165) is 6.42 Å². The molecule has 1 aromatic heterocycles. The molecule has 0 saturated carbocycles. The lowest BCUT2D eigenvalue weighted by Crippen LogP contribution is -2.44. The molecule has 25 heavy (non-hydrogen) atoms. The molecule has 0 unspecified atom stereocenters. The Hall–Kier alpha value is -2.70. The normalized spacial score (nSPS) is 20.5. The van der Waals surface area contributed by atoms with Gasteiger partial charge in [0, 0.05) is 18.5 Å². The number of likely N-dealkylation sites (tertiary alicyclic amines) is 1. The fourth-order valence-corrected chi connectivity index (χ4v) is 3.42. The zero-order chi connectivity index (χ0) is 18.0. The average Bonchev–Trinajstić information content (AvgIpc) is 2.59. The number of hydrogen-bond donors (Lipinski definition) is 1. The Morgan fingerprint density at radius 2 is 1.84 bits per heavy atom. The molecule has 1 aromatic carbocycles. The van der Waals surface area contributed by atoms with E-state index in [2.05, 4.69) is 24.0 Å². The van der Waals surface area contributed by atoms with E-state index >= 15 is 0 Å². The van der Waals surface area contributed by atoms with Crippen molar-refractivity contribution in [2.45, 2.75) is 20.3 Å². The van der Waals surface area contributed by atoms with Crippen molar-refractivity contribution in [2.75, 3.05) is 19.7 Å². The lowest BCUT2D eigenvalue weighted by atomic mass is 9.92. The smallest absolute Gasteiger partial charge is 0.359 e. The summed E-state index contributed by atoms with van der Waals surface area (Å²) in [6, 6.07) is 6.65. The number of esters is 1. The van der Waals surface area contributed by atoms with E-state index in [1.165, 1.54) is 0 Å². The van der Waals surface area contributed by atoms with Gasteiger partial charge < -0.3 is 9.64 Å². The monoisotopic (exact) mass is 343 g/mol. The van der Waals surface area contributed by atoms with Crippen LogP contribution in [0, 0.1) is 11.8 Å². The van der Waals surface area contributed by atoms with Crippen molar-refractivity contribution in [1.29, 1.82) is 0 Å². The second kappa shape index (κ2) is 7.04.